The van der Waals surface area contributed by atoms with Gasteiger partial charge in [-0.2, -0.15) is 0 Å². The van der Waals surface area contributed by atoms with Crippen molar-refractivity contribution >= 4 is 46.5 Å². The fraction of sp³-hybridized carbons (Fsp3) is 0.118. The summed E-state index contributed by atoms with van der Waals surface area (Å²) in [5, 5.41) is 4.23. The number of aliphatic imine (C=N–C) groups is 1. The first-order valence-electron chi connectivity index (χ1n) is 7.02. The van der Waals surface area contributed by atoms with E-state index in [0.717, 1.165) is 22.6 Å². The summed E-state index contributed by atoms with van der Waals surface area (Å²) >= 11 is 0. The van der Waals surface area contributed by atoms with Crippen molar-refractivity contribution in [3.05, 3.63) is 60.3 Å². The number of nitrogens with zero attached hydrogens (tertiary/aromatic N) is 1. The number of hydrogen-bond donors (Lipinski definition) is 3. The Hall–Kier alpha value is -2.22. The van der Waals surface area contributed by atoms with Gasteiger partial charge in [0, 0.05) is 16.9 Å². The fourth-order valence-electron chi connectivity index (χ4n) is 2.25. The van der Waals surface area contributed by atoms with Crippen LogP contribution >= 0.6 is 24.0 Å². The van der Waals surface area contributed by atoms with Gasteiger partial charge in [0.25, 0.3) is 0 Å². The van der Waals surface area contributed by atoms with Crippen molar-refractivity contribution in [3.63, 3.8) is 0 Å². The van der Waals surface area contributed by atoms with Crippen molar-refractivity contribution in [2.24, 2.45) is 10.7 Å². The number of halogens is 1. The highest BCUT2D eigenvalue weighted by Gasteiger charge is 2.00. The third-order valence-corrected chi connectivity index (χ3v) is 3.37. The first-order valence-corrected chi connectivity index (χ1v) is 7.02. The molecular weight excluding hydrogens is 403 g/mol. The Labute approximate surface area is 152 Å². The third-order valence-electron chi connectivity index (χ3n) is 3.37. The molecule has 0 aliphatic rings. The Balaban J connectivity index is 0.00000192. The summed E-state index contributed by atoms with van der Waals surface area (Å²) in [7, 11) is 1.64. The van der Waals surface area contributed by atoms with Gasteiger partial charge in [0.15, 0.2) is 5.96 Å². The average molecular weight is 422 g/mol. The van der Waals surface area contributed by atoms with E-state index in [-0.39, 0.29) is 24.0 Å². The number of aromatic nitrogens is 1. The van der Waals surface area contributed by atoms with Crippen LogP contribution in [0.25, 0.3) is 10.9 Å². The Kier molecular flexibility index (Phi) is 5.86. The Bertz CT molecular complexity index is 763. The number of anilines is 1. The highest BCUT2D eigenvalue weighted by molar-refractivity contribution is 14.0. The predicted octanol–water partition coefficient (Wildman–Crippen LogP) is 3.72. The van der Waals surface area contributed by atoms with Gasteiger partial charge in [0.2, 0.25) is 0 Å². The minimum atomic E-state index is 0. The minimum Gasteiger partial charge on any atom is -0.497 e. The van der Waals surface area contributed by atoms with Crippen LogP contribution in [0, 0.1) is 0 Å². The molecule has 0 saturated carbocycles. The SMILES string of the molecule is COc1ccc(NC(N)=NCc2cc3ccccc3[nH]2)cc1.I. The van der Waals surface area contributed by atoms with Crippen molar-refractivity contribution in [3.8, 4) is 5.75 Å². The molecule has 6 heteroatoms. The molecule has 1 aromatic heterocycles. The van der Waals surface area contributed by atoms with Gasteiger partial charge in [0.1, 0.15) is 5.75 Å². The maximum Gasteiger partial charge on any atom is 0.193 e. The molecule has 4 N–H and O–H groups in total. The van der Waals surface area contributed by atoms with Gasteiger partial charge in [-0.1, -0.05) is 18.2 Å². The second-order valence-corrected chi connectivity index (χ2v) is 4.94. The highest BCUT2D eigenvalue weighted by Crippen LogP contribution is 2.16. The summed E-state index contributed by atoms with van der Waals surface area (Å²) < 4.78 is 5.11. The zero-order valence-electron chi connectivity index (χ0n) is 12.7. The van der Waals surface area contributed by atoms with Crippen LogP contribution in [0.3, 0.4) is 0 Å². The predicted molar refractivity (Wildman–Crippen MR) is 106 cm³/mol. The van der Waals surface area contributed by atoms with Gasteiger partial charge in [-0.05, 0) is 41.8 Å². The highest BCUT2D eigenvalue weighted by atomic mass is 127. The monoisotopic (exact) mass is 422 g/mol. The number of nitrogens with one attached hydrogen (secondary N) is 2. The van der Waals surface area contributed by atoms with Crippen molar-refractivity contribution in [2.45, 2.75) is 6.54 Å². The minimum absolute atomic E-state index is 0. The first-order chi connectivity index (χ1) is 10.7. The summed E-state index contributed by atoms with van der Waals surface area (Å²) in [6.45, 7) is 0.504. The lowest BCUT2D eigenvalue weighted by molar-refractivity contribution is 0.415. The summed E-state index contributed by atoms with van der Waals surface area (Å²) in [4.78, 5) is 7.67. The number of rotatable bonds is 4. The van der Waals surface area contributed by atoms with E-state index >= 15 is 0 Å². The molecule has 0 aliphatic heterocycles. The van der Waals surface area contributed by atoms with Crippen LogP contribution in [0.4, 0.5) is 5.69 Å². The van der Waals surface area contributed by atoms with E-state index in [2.05, 4.69) is 27.4 Å². The number of H-pyrrole nitrogens is 1. The quantitative estimate of drug-likeness (QED) is 0.341. The molecule has 0 atom stereocenters. The normalized spacial score (nSPS) is 11.1. The molecule has 3 rings (SSSR count). The summed E-state index contributed by atoms with van der Waals surface area (Å²) in [5.74, 6) is 1.18. The van der Waals surface area contributed by atoms with Gasteiger partial charge in [-0.25, -0.2) is 4.99 Å². The van der Waals surface area contributed by atoms with E-state index < -0.39 is 0 Å². The number of aromatic amines is 1. The molecule has 3 aromatic rings. The van der Waals surface area contributed by atoms with Gasteiger partial charge in [-0.3, -0.25) is 0 Å². The Morgan fingerprint density at radius 3 is 2.61 bits per heavy atom. The first kappa shape index (κ1) is 17.1. The van der Waals surface area contributed by atoms with Gasteiger partial charge in [0.05, 0.1) is 13.7 Å². The molecule has 5 nitrogen and oxygen atoms in total. The molecule has 0 amide bonds. The summed E-state index contributed by atoms with van der Waals surface area (Å²) in [6.07, 6.45) is 0. The molecule has 0 spiro atoms. The van der Waals surface area contributed by atoms with E-state index in [1.54, 1.807) is 7.11 Å². The molecule has 0 bridgehead atoms. The summed E-state index contributed by atoms with van der Waals surface area (Å²) in [6, 6.07) is 17.7. The van der Waals surface area contributed by atoms with Crippen molar-refractivity contribution in [1.82, 2.24) is 4.98 Å². The van der Waals surface area contributed by atoms with Gasteiger partial charge < -0.3 is 20.8 Å². The molecule has 0 unspecified atom stereocenters. The van der Waals surface area contributed by atoms with E-state index in [9.17, 15) is 0 Å². The lowest BCUT2D eigenvalue weighted by Crippen LogP contribution is -2.22. The molecule has 2 aromatic carbocycles. The molecule has 23 heavy (non-hydrogen) atoms. The van der Waals surface area contributed by atoms with Crippen LogP contribution in [0.5, 0.6) is 5.75 Å². The average Bonchev–Trinajstić information content (AvgIpc) is 2.96. The number of fused-ring (bicyclic) bond motifs is 1. The molecule has 0 aliphatic carbocycles. The van der Waals surface area contributed by atoms with Crippen molar-refractivity contribution in [2.75, 3.05) is 12.4 Å². The number of hydrogen-bond acceptors (Lipinski definition) is 2. The second-order valence-electron chi connectivity index (χ2n) is 4.94. The Morgan fingerprint density at radius 2 is 1.91 bits per heavy atom. The van der Waals surface area contributed by atoms with E-state index in [0.29, 0.717) is 12.5 Å². The fourth-order valence-corrected chi connectivity index (χ4v) is 2.25. The maximum atomic E-state index is 5.91. The number of nitrogens with two attached hydrogens (primary N) is 1. The molecule has 1 heterocycles. The second kappa shape index (κ2) is 7.87. The van der Waals surface area contributed by atoms with E-state index in [4.69, 9.17) is 10.5 Å². The number of benzene rings is 2. The number of methoxy groups -OCH3 is 1. The largest absolute Gasteiger partial charge is 0.497 e. The zero-order chi connectivity index (χ0) is 15.4. The number of para-hydroxylation sites is 1. The van der Waals surface area contributed by atoms with E-state index in [1.807, 2.05) is 42.5 Å². The number of guanidine groups is 1. The Morgan fingerprint density at radius 1 is 1.17 bits per heavy atom. The van der Waals surface area contributed by atoms with Crippen LogP contribution in [0.2, 0.25) is 0 Å². The standard InChI is InChI=1S/C17H18N4O.HI/c1-22-15-8-6-13(7-9-15)21-17(18)19-11-14-10-12-4-2-3-5-16(12)20-14;/h2-10,20H,11H2,1H3,(H3,18,19,21);1H. The van der Waals surface area contributed by atoms with Crippen LogP contribution in [0.1, 0.15) is 5.69 Å². The molecule has 0 radical (unpaired) electrons. The van der Waals surface area contributed by atoms with Crippen LogP contribution in [-0.4, -0.2) is 18.1 Å². The zero-order valence-corrected chi connectivity index (χ0v) is 15.1. The summed E-state index contributed by atoms with van der Waals surface area (Å²) in [5.41, 5.74) is 8.92. The number of ether oxygens (including phenoxy) is 1. The molecular formula is C17H19IN4O. The van der Waals surface area contributed by atoms with Crippen molar-refractivity contribution in [1.29, 1.82) is 0 Å². The van der Waals surface area contributed by atoms with Crippen LogP contribution in [-0.2, 0) is 6.54 Å². The third kappa shape index (κ3) is 4.38. The lowest BCUT2D eigenvalue weighted by atomic mass is 10.2. The molecule has 0 saturated heterocycles. The maximum absolute atomic E-state index is 5.91. The molecule has 120 valence electrons. The van der Waals surface area contributed by atoms with Crippen LogP contribution < -0.4 is 15.8 Å². The smallest absolute Gasteiger partial charge is 0.193 e. The topological polar surface area (TPSA) is 75.4 Å². The van der Waals surface area contributed by atoms with Gasteiger partial charge in [-0.15, -0.1) is 24.0 Å². The van der Waals surface area contributed by atoms with E-state index in [1.165, 1.54) is 5.39 Å². The molecule has 0 fully saturated rings. The van der Waals surface area contributed by atoms with Crippen molar-refractivity contribution < 1.29 is 4.74 Å². The lowest BCUT2D eigenvalue weighted by Gasteiger charge is -2.06. The van der Waals surface area contributed by atoms with Crippen LogP contribution in [0.15, 0.2) is 59.6 Å². The van der Waals surface area contributed by atoms with Gasteiger partial charge >= 0.3 is 0 Å².